The summed E-state index contributed by atoms with van der Waals surface area (Å²) in [6.07, 6.45) is 2.72. The summed E-state index contributed by atoms with van der Waals surface area (Å²) in [5.74, 6) is 1.96. The summed E-state index contributed by atoms with van der Waals surface area (Å²) in [5.41, 5.74) is 0. The summed E-state index contributed by atoms with van der Waals surface area (Å²) in [6.45, 7) is 12.0. The molecule has 0 spiro atoms. The molecule has 0 aromatic heterocycles. The molecule has 0 radical (unpaired) electrons. The Kier molecular flexibility index (Phi) is 4.85. The van der Waals surface area contributed by atoms with Crippen LogP contribution in [-0.4, -0.2) is 6.71 Å². The van der Waals surface area contributed by atoms with Crippen LogP contribution in [0.1, 0.15) is 40.5 Å². The molecule has 0 heterocycles. The predicted molar refractivity (Wildman–Crippen MR) is 52.4 cm³/mol. The van der Waals surface area contributed by atoms with Crippen LogP contribution in [0.15, 0.2) is 0 Å². The highest BCUT2D eigenvalue weighted by Crippen LogP contribution is 2.25. The van der Waals surface area contributed by atoms with Crippen molar-refractivity contribution in [2.75, 3.05) is 0 Å². The van der Waals surface area contributed by atoms with Gasteiger partial charge in [-0.05, 0) is 6.71 Å². The lowest BCUT2D eigenvalue weighted by molar-refractivity contribution is 0.784. The van der Waals surface area contributed by atoms with E-state index in [1.54, 1.807) is 0 Å². The second-order valence-electron chi connectivity index (χ2n) is 4.08. The Morgan fingerprint density at radius 2 is 1.30 bits per heavy atom. The van der Waals surface area contributed by atoms with E-state index in [-0.39, 0.29) is 6.71 Å². The highest BCUT2D eigenvalue weighted by Gasteiger charge is 2.09. The fourth-order valence-corrected chi connectivity index (χ4v) is 1.60. The van der Waals surface area contributed by atoms with Gasteiger partial charge in [0.2, 0.25) is 0 Å². The molecule has 0 N–H and O–H groups in total. The second kappa shape index (κ2) is 4.82. The zero-order chi connectivity index (χ0) is 8.15. The smallest absolute Gasteiger partial charge is 0.0136 e. The van der Waals surface area contributed by atoms with Gasteiger partial charge in [0, 0.05) is 0 Å². The fraction of sp³-hybridized carbons (Fsp3) is 1.00. The molecule has 1 heteroatoms. The van der Waals surface area contributed by atoms with Gasteiger partial charge in [-0.25, -0.2) is 0 Å². The molecule has 0 bridgehead atoms. The van der Waals surface area contributed by atoms with Gasteiger partial charge in [-0.1, -0.05) is 40.5 Å². The lowest BCUT2D eigenvalue weighted by atomic mass is 9.35. The summed E-state index contributed by atoms with van der Waals surface area (Å²) in [5, 5.41) is 0. The molecule has 62 valence electrons. The van der Waals surface area contributed by atoms with Crippen LogP contribution in [0, 0.1) is 0 Å². The Bertz CT molecular complexity index is 70.8. The Labute approximate surface area is 66.5 Å². The molecule has 0 fully saturated rings. The lowest BCUT2D eigenvalue weighted by Gasteiger charge is -2.30. The molecule has 0 rings (SSSR count). The van der Waals surface area contributed by atoms with Gasteiger partial charge in [0.25, 0.3) is 0 Å². The van der Waals surface area contributed by atoms with E-state index in [1.165, 1.54) is 12.8 Å². The molecule has 0 nitrogen and oxygen atoms in total. The number of hydrogen-bond donors (Lipinski definition) is 0. The Morgan fingerprint density at radius 3 is 1.50 bits per heavy atom. The van der Waals surface area contributed by atoms with Gasteiger partial charge in [0.1, 0.15) is 0 Å². The largest absolute Gasteiger partial charge is 0.192 e. The summed E-state index contributed by atoms with van der Waals surface area (Å²) in [7, 11) is 0. The monoisotopic (exact) mass is 141 g/mol. The maximum Gasteiger partial charge on any atom is -0.0136 e. The van der Waals surface area contributed by atoms with Crippen molar-refractivity contribution < 1.29 is 0 Å². The van der Waals surface area contributed by atoms with Crippen molar-refractivity contribution in [3.63, 3.8) is 0 Å². The van der Waals surface area contributed by atoms with Crippen molar-refractivity contribution in [2.45, 2.75) is 59.0 Å². The van der Waals surface area contributed by atoms with Crippen LogP contribution in [0.4, 0.5) is 0 Å². The van der Waals surface area contributed by atoms with Crippen molar-refractivity contribution >= 4 is 6.71 Å². The first-order chi connectivity index (χ1) is 4.63. The molecule has 0 aromatic rings. The molecule has 2 atom stereocenters. The predicted octanol–water partition coefficient (Wildman–Crippen LogP) is 3.44. The Hall–Kier alpha value is 0.0649. The van der Waals surface area contributed by atoms with Gasteiger partial charge >= 0.3 is 0 Å². The third kappa shape index (κ3) is 2.77. The van der Waals surface area contributed by atoms with Crippen LogP contribution in [0.5, 0.6) is 0 Å². The zero-order valence-electron chi connectivity index (χ0n) is 8.28. The molecular formula is C9H22B-. The van der Waals surface area contributed by atoms with Crippen LogP contribution in [0.25, 0.3) is 0 Å². The van der Waals surface area contributed by atoms with Crippen molar-refractivity contribution in [3.05, 3.63) is 0 Å². The summed E-state index contributed by atoms with van der Waals surface area (Å²) < 4.78 is 0. The maximum absolute atomic E-state index is 2.46. The fourth-order valence-electron chi connectivity index (χ4n) is 1.60. The first-order valence-electron chi connectivity index (χ1n) is 4.91. The second-order valence-corrected chi connectivity index (χ2v) is 4.08. The average molecular weight is 141 g/mol. The minimum absolute atomic E-state index is 0.125. The average Bonchev–Trinajstić information content (AvgIpc) is 2.00. The van der Waals surface area contributed by atoms with E-state index in [0.717, 1.165) is 11.6 Å². The maximum atomic E-state index is 2.46. The lowest BCUT2D eigenvalue weighted by Crippen LogP contribution is -2.18. The van der Waals surface area contributed by atoms with Gasteiger partial charge in [-0.3, -0.25) is 0 Å². The first kappa shape index (κ1) is 10.1. The summed E-state index contributed by atoms with van der Waals surface area (Å²) in [4.78, 5) is 0. The quantitative estimate of drug-likeness (QED) is 0.526. The SMILES string of the molecule is CCC(C)[BH-](C)C(C)CC. The van der Waals surface area contributed by atoms with Gasteiger partial charge in [-0.15, -0.1) is 0 Å². The topological polar surface area (TPSA) is 0 Å². The number of hydrogen-bond acceptors (Lipinski definition) is 0. The third-order valence-corrected chi connectivity index (χ3v) is 3.59. The van der Waals surface area contributed by atoms with Crippen LogP contribution in [0.2, 0.25) is 18.5 Å². The van der Waals surface area contributed by atoms with E-state index in [1.807, 2.05) is 0 Å². The van der Waals surface area contributed by atoms with E-state index >= 15 is 0 Å². The minimum Gasteiger partial charge on any atom is -0.192 e. The number of rotatable bonds is 4. The molecule has 0 aliphatic rings. The first-order valence-corrected chi connectivity index (χ1v) is 4.91. The zero-order valence-corrected chi connectivity index (χ0v) is 8.28. The van der Waals surface area contributed by atoms with Gasteiger partial charge in [0.15, 0.2) is 0 Å². The molecule has 0 saturated carbocycles. The minimum atomic E-state index is 0.125. The van der Waals surface area contributed by atoms with Crippen LogP contribution >= 0.6 is 0 Å². The van der Waals surface area contributed by atoms with Crippen LogP contribution in [0.3, 0.4) is 0 Å². The molecule has 2 unspecified atom stereocenters. The van der Waals surface area contributed by atoms with Gasteiger partial charge in [0.05, 0.1) is 0 Å². The standard InChI is InChI=1S/C9H22B/c1-6-8(3)10(5)9(4)7-2/h8-10H,6-7H2,1-5H3/q-1. The van der Waals surface area contributed by atoms with Gasteiger partial charge < -0.3 is 0 Å². The van der Waals surface area contributed by atoms with E-state index in [0.29, 0.717) is 0 Å². The van der Waals surface area contributed by atoms with Gasteiger partial charge in [-0.2, -0.15) is 18.5 Å². The van der Waals surface area contributed by atoms with E-state index in [2.05, 4.69) is 34.5 Å². The Morgan fingerprint density at radius 1 is 1.00 bits per heavy atom. The van der Waals surface area contributed by atoms with Crippen LogP contribution in [-0.2, 0) is 0 Å². The van der Waals surface area contributed by atoms with E-state index in [9.17, 15) is 0 Å². The summed E-state index contributed by atoms with van der Waals surface area (Å²) in [6, 6.07) is 0. The van der Waals surface area contributed by atoms with Crippen molar-refractivity contribution in [3.8, 4) is 0 Å². The summed E-state index contributed by atoms with van der Waals surface area (Å²) >= 11 is 0. The highest BCUT2D eigenvalue weighted by atomic mass is 14.0. The van der Waals surface area contributed by atoms with E-state index in [4.69, 9.17) is 0 Å². The molecule has 0 aliphatic heterocycles. The van der Waals surface area contributed by atoms with Crippen molar-refractivity contribution in [2.24, 2.45) is 0 Å². The molecule has 10 heavy (non-hydrogen) atoms. The van der Waals surface area contributed by atoms with Crippen molar-refractivity contribution in [1.82, 2.24) is 0 Å². The van der Waals surface area contributed by atoms with E-state index < -0.39 is 0 Å². The Balaban J connectivity index is 3.69. The third-order valence-electron chi connectivity index (χ3n) is 3.59. The molecule has 0 aromatic carbocycles. The molecule has 0 saturated heterocycles. The molecule has 0 amide bonds. The molecule has 0 aliphatic carbocycles. The van der Waals surface area contributed by atoms with Crippen LogP contribution < -0.4 is 0 Å². The van der Waals surface area contributed by atoms with Crippen molar-refractivity contribution in [1.29, 1.82) is 0 Å². The highest BCUT2D eigenvalue weighted by molar-refractivity contribution is 6.60. The molecular weight excluding hydrogens is 119 g/mol. The normalized spacial score (nSPS) is 20.1.